The monoisotopic (exact) mass is 322 g/mol. The summed E-state index contributed by atoms with van der Waals surface area (Å²) >= 11 is 0. The number of benzene rings is 2. The molecule has 1 saturated heterocycles. The molecule has 1 heterocycles. The van der Waals surface area contributed by atoms with Crippen molar-refractivity contribution >= 4 is 0 Å². The molecule has 0 spiro atoms. The number of rotatable bonds is 4. The number of aryl methyl sites for hydroxylation is 2. The fourth-order valence-electron chi connectivity index (χ4n) is 3.58. The molecule has 0 saturated carbocycles. The molecule has 2 aromatic carbocycles. The minimum absolute atomic E-state index is 1.07. The van der Waals surface area contributed by atoms with E-state index in [1.165, 1.54) is 60.4 Å². The average Bonchev–Trinajstić information content (AvgIpc) is 2.80. The van der Waals surface area contributed by atoms with Crippen molar-refractivity contribution in [3.05, 3.63) is 59.2 Å². The van der Waals surface area contributed by atoms with Crippen molar-refractivity contribution in [2.75, 3.05) is 33.2 Å². The van der Waals surface area contributed by atoms with E-state index in [9.17, 15) is 0 Å². The largest absolute Gasteiger partial charge is 0.305 e. The van der Waals surface area contributed by atoms with E-state index >= 15 is 0 Å². The summed E-state index contributed by atoms with van der Waals surface area (Å²) < 4.78 is 0. The Labute approximate surface area is 147 Å². The van der Waals surface area contributed by atoms with Gasteiger partial charge in [-0.1, -0.05) is 49.4 Å². The van der Waals surface area contributed by atoms with Gasteiger partial charge in [0.1, 0.15) is 0 Å². The molecule has 0 aliphatic carbocycles. The van der Waals surface area contributed by atoms with Gasteiger partial charge in [-0.2, -0.15) is 0 Å². The van der Waals surface area contributed by atoms with Crippen LogP contribution in [0.2, 0.25) is 0 Å². The molecule has 2 nitrogen and oxygen atoms in total. The van der Waals surface area contributed by atoms with Crippen molar-refractivity contribution in [3.63, 3.8) is 0 Å². The number of hydrogen-bond acceptors (Lipinski definition) is 2. The van der Waals surface area contributed by atoms with Crippen LogP contribution in [0.5, 0.6) is 0 Å². The van der Waals surface area contributed by atoms with Gasteiger partial charge in [-0.15, -0.1) is 0 Å². The zero-order chi connectivity index (χ0) is 16.9. The molecule has 3 rings (SSSR count). The van der Waals surface area contributed by atoms with Crippen LogP contribution < -0.4 is 0 Å². The molecule has 0 amide bonds. The minimum atomic E-state index is 1.07. The Bertz CT molecular complexity index is 660. The van der Waals surface area contributed by atoms with Crippen LogP contribution in [0.4, 0.5) is 0 Å². The number of likely N-dealkylation sites (N-methyl/N-ethyl adjacent to an activating group) is 1. The smallest absolute Gasteiger partial charge is 0.0234 e. The first-order valence-corrected chi connectivity index (χ1v) is 9.25. The summed E-state index contributed by atoms with van der Waals surface area (Å²) in [7, 11) is 2.23. The maximum atomic E-state index is 2.59. The maximum Gasteiger partial charge on any atom is 0.0234 e. The summed E-state index contributed by atoms with van der Waals surface area (Å²) in [5.41, 5.74) is 6.90. The topological polar surface area (TPSA) is 6.48 Å². The molecule has 0 radical (unpaired) electrons. The van der Waals surface area contributed by atoms with Gasteiger partial charge in [0, 0.05) is 19.6 Å². The van der Waals surface area contributed by atoms with E-state index in [1.807, 2.05) is 0 Å². The molecule has 1 aliphatic rings. The zero-order valence-electron chi connectivity index (χ0n) is 15.4. The highest BCUT2D eigenvalue weighted by Crippen LogP contribution is 2.25. The van der Waals surface area contributed by atoms with E-state index in [0.29, 0.717) is 0 Å². The summed E-state index contributed by atoms with van der Waals surface area (Å²) in [4.78, 5) is 5.03. The van der Waals surface area contributed by atoms with Crippen LogP contribution in [-0.2, 0) is 13.0 Å². The van der Waals surface area contributed by atoms with Crippen LogP contribution in [-0.4, -0.2) is 43.0 Å². The molecule has 1 aliphatic heterocycles. The second-order valence-electron chi connectivity index (χ2n) is 7.13. The molecule has 0 bridgehead atoms. The molecule has 2 heteroatoms. The summed E-state index contributed by atoms with van der Waals surface area (Å²) in [5.74, 6) is 0. The van der Waals surface area contributed by atoms with Crippen molar-refractivity contribution in [2.45, 2.75) is 33.2 Å². The molecule has 0 aromatic heterocycles. The van der Waals surface area contributed by atoms with Crippen LogP contribution in [0, 0.1) is 6.92 Å². The minimum Gasteiger partial charge on any atom is -0.305 e. The van der Waals surface area contributed by atoms with Gasteiger partial charge in [0.25, 0.3) is 0 Å². The molecule has 128 valence electrons. The second-order valence-corrected chi connectivity index (χ2v) is 7.13. The zero-order valence-corrected chi connectivity index (χ0v) is 15.4. The predicted molar refractivity (Wildman–Crippen MR) is 103 cm³/mol. The van der Waals surface area contributed by atoms with Crippen LogP contribution in [0.1, 0.15) is 30.0 Å². The third-order valence-corrected chi connectivity index (χ3v) is 5.18. The summed E-state index contributed by atoms with van der Waals surface area (Å²) in [5, 5.41) is 0. The van der Waals surface area contributed by atoms with Crippen molar-refractivity contribution in [2.24, 2.45) is 0 Å². The van der Waals surface area contributed by atoms with Crippen molar-refractivity contribution < 1.29 is 0 Å². The lowest BCUT2D eigenvalue weighted by Crippen LogP contribution is -2.28. The van der Waals surface area contributed by atoms with E-state index in [4.69, 9.17) is 0 Å². The first-order valence-electron chi connectivity index (χ1n) is 9.25. The first kappa shape index (κ1) is 17.2. The Morgan fingerprint density at radius 1 is 0.875 bits per heavy atom. The lowest BCUT2D eigenvalue weighted by atomic mass is 9.97. The van der Waals surface area contributed by atoms with E-state index in [-0.39, 0.29) is 0 Å². The quantitative estimate of drug-likeness (QED) is 0.825. The molecule has 0 atom stereocenters. The van der Waals surface area contributed by atoms with Crippen molar-refractivity contribution in [3.8, 4) is 11.1 Å². The van der Waals surface area contributed by atoms with Gasteiger partial charge in [0.05, 0.1) is 0 Å². The Kier molecular flexibility index (Phi) is 5.70. The SMILES string of the molecule is CCc1ccc(-c2ccc(CN3CCCN(C)CC3)cc2C)cc1. The fraction of sp³-hybridized carbons (Fsp3) is 0.455. The Morgan fingerprint density at radius 3 is 2.33 bits per heavy atom. The molecule has 24 heavy (non-hydrogen) atoms. The van der Waals surface area contributed by atoms with Gasteiger partial charge in [0.2, 0.25) is 0 Å². The van der Waals surface area contributed by atoms with E-state index in [0.717, 1.165) is 13.0 Å². The van der Waals surface area contributed by atoms with Crippen LogP contribution in [0.3, 0.4) is 0 Å². The molecule has 0 unspecified atom stereocenters. The highest BCUT2D eigenvalue weighted by atomic mass is 15.2. The molecule has 1 fully saturated rings. The maximum absolute atomic E-state index is 2.59. The third kappa shape index (κ3) is 4.25. The van der Waals surface area contributed by atoms with Crippen LogP contribution >= 0.6 is 0 Å². The highest BCUT2D eigenvalue weighted by Gasteiger charge is 2.13. The van der Waals surface area contributed by atoms with Gasteiger partial charge in [-0.05, 0) is 67.7 Å². The van der Waals surface area contributed by atoms with Gasteiger partial charge in [-0.3, -0.25) is 4.90 Å². The molecule has 2 aromatic rings. The van der Waals surface area contributed by atoms with E-state index in [2.05, 4.69) is 73.2 Å². The average molecular weight is 322 g/mol. The Hall–Kier alpha value is -1.64. The highest BCUT2D eigenvalue weighted by molar-refractivity contribution is 5.67. The van der Waals surface area contributed by atoms with Gasteiger partial charge < -0.3 is 4.90 Å². The van der Waals surface area contributed by atoms with Crippen molar-refractivity contribution in [1.82, 2.24) is 9.80 Å². The number of nitrogens with zero attached hydrogens (tertiary/aromatic N) is 2. The molecular formula is C22H30N2. The van der Waals surface area contributed by atoms with Gasteiger partial charge >= 0.3 is 0 Å². The standard InChI is InChI=1S/C22H30N2/c1-4-19-6-9-21(10-7-19)22-11-8-20(16-18(22)2)17-24-13-5-12-23(3)14-15-24/h6-11,16H,4-5,12-15,17H2,1-3H3. The van der Waals surface area contributed by atoms with Gasteiger partial charge in [-0.25, -0.2) is 0 Å². The second kappa shape index (κ2) is 7.96. The van der Waals surface area contributed by atoms with E-state index < -0.39 is 0 Å². The summed E-state index contributed by atoms with van der Waals surface area (Å²) in [6, 6.07) is 16.0. The third-order valence-electron chi connectivity index (χ3n) is 5.18. The predicted octanol–water partition coefficient (Wildman–Crippen LogP) is 4.36. The first-order chi connectivity index (χ1) is 11.7. The summed E-state index contributed by atoms with van der Waals surface area (Å²) in [6.07, 6.45) is 2.38. The van der Waals surface area contributed by atoms with Gasteiger partial charge in [0.15, 0.2) is 0 Å². The summed E-state index contributed by atoms with van der Waals surface area (Å²) in [6.45, 7) is 10.3. The normalized spacial score (nSPS) is 17.0. The fourth-order valence-corrected chi connectivity index (χ4v) is 3.58. The Morgan fingerprint density at radius 2 is 1.62 bits per heavy atom. The molecule has 0 N–H and O–H groups in total. The van der Waals surface area contributed by atoms with E-state index in [1.54, 1.807) is 0 Å². The van der Waals surface area contributed by atoms with Crippen molar-refractivity contribution in [1.29, 1.82) is 0 Å². The lowest BCUT2D eigenvalue weighted by Gasteiger charge is -2.20. The van der Waals surface area contributed by atoms with Crippen LogP contribution in [0.25, 0.3) is 11.1 Å². The van der Waals surface area contributed by atoms with Crippen LogP contribution in [0.15, 0.2) is 42.5 Å². The molecular weight excluding hydrogens is 292 g/mol. The number of hydrogen-bond donors (Lipinski definition) is 0. The lowest BCUT2D eigenvalue weighted by molar-refractivity contribution is 0.269. The Balaban J connectivity index is 1.72.